The Morgan fingerprint density at radius 2 is 2.24 bits per heavy atom. The fourth-order valence-electron chi connectivity index (χ4n) is 2.24. The van der Waals surface area contributed by atoms with E-state index in [0.29, 0.717) is 22.5 Å². The molecule has 0 saturated heterocycles. The van der Waals surface area contributed by atoms with Crippen LogP contribution in [0.2, 0.25) is 5.02 Å². The number of nitrogens with zero attached hydrogens (tertiary/aromatic N) is 3. The average molecular weight is 250 g/mol. The van der Waals surface area contributed by atoms with Gasteiger partial charge in [0.1, 0.15) is 0 Å². The molecule has 1 aromatic carbocycles. The molecule has 17 heavy (non-hydrogen) atoms. The lowest BCUT2D eigenvalue weighted by Crippen LogP contribution is -2.22. The summed E-state index contributed by atoms with van der Waals surface area (Å²) < 4.78 is 1.72. The van der Waals surface area contributed by atoms with Crippen molar-refractivity contribution in [3.05, 3.63) is 33.6 Å². The van der Waals surface area contributed by atoms with Gasteiger partial charge in [0.25, 0.3) is 5.56 Å². The number of benzene rings is 1. The zero-order valence-corrected chi connectivity index (χ0v) is 10.2. The third kappa shape index (κ3) is 1.52. The van der Waals surface area contributed by atoms with E-state index in [2.05, 4.69) is 16.8 Å². The van der Waals surface area contributed by atoms with E-state index in [4.69, 9.17) is 11.6 Å². The Labute approximate surface area is 103 Å². The van der Waals surface area contributed by atoms with Gasteiger partial charge in [0.05, 0.1) is 10.9 Å². The summed E-state index contributed by atoms with van der Waals surface area (Å²) in [6.45, 7) is 4.49. The zero-order chi connectivity index (χ0) is 12.0. The van der Waals surface area contributed by atoms with Crippen molar-refractivity contribution in [2.45, 2.75) is 13.5 Å². The van der Waals surface area contributed by atoms with Crippen LogP contribution in [0.15, 0.2) is 23.0 Å². The summed E-state index contributed by atoms with van der Waals surface area (Å²) >= 11 is 5.91. The molecule has 1 aromatic heterocycles. The molecule has 4 nitrogen and oxygen atoms in total. The summed E-state index contributed by atoms with van der Waals surface area (Å²) in [7, 11) is 0. The Balaban J connectivity index is 2.35. The van der Waals surface area contributed by atoms with Crippen LogP contribution in [0.3, 0.4) is 0 Å². The summed E-state index contributed by atoms with van der Waals surface area (Å²) in [6.07, 6.45) is 0. The van der Waals surface area contributed by atoms with Crippen molar-refractivity contribution in [2.24, 2.45) is 0 Å². The molecule has 0 fully saturated rings. The number of anilines is 1. The first-order chi connectivity index (χ1) is 8.20. The minimum atomic E-state index is 0.00319. The maximum Gasteiger partial charge on any atom is 0.262 e. The smallest absolute Gasteiger partial charge is 0.262 e. The molecule has 2 heterocycles. The van der Waals surface area contributed by atoms with E-state index in [1.54, 1.807) is 22.8 Å². The number of rotatable bonds is 1. The lowest BCUT2D eigenvalue weighted by molar-refractivity contribution is 0.758. The molecule has 88 valence electrons. The quantitative estimate of drug-likeness (QED) is 0.775. The summed E-state index contributed by atoms with van der Waals surface area (Å²) in [5.41, 5.74) is 0.717. The molecule has 0 amide bonds. The maximum absolute atomic E-state index is 12.3. The molecule has 5 heteroatoms. The third-order valence-corrected chi connectivity index (χ3v) is 3.39. The number of halogens is 1. The van der Waals surface area contributed by atoms with E-state index in [0.717, 1.165) is 19.0 Å². The molecule has 0 atom stereocenters. The average Bonchev–Trinajstić information content (AvgIpc) is 2.73. The van der Waals surface area contributed by atoms with Gasteiger partial charge in [-0.1, -0.05) is 11.6 Å². The van der Waals surface area contributed by atoms with E-state index in [-0.39, 0.29) is 5.56 Å². The number of likely N-dealkylation sites (N-methyl/N-ethyl adjacent to an activating group) is 1. The van der Waals surface area contributed by atoms with Gasteiger partial charge in [-0.05, 0) is 25.1 Å². The van der Waals surface area contributed by atoms with Gasteiger partial charge in [0.15, 0.2) is 0 Å². The van der Waals surface area contributed by atoms with Gasteiger partial charge in [0.2, 0.25) is 5.95 Å². The van der Waals surface area contributed by atoms with E-state index in [9.17, 15) is 4.79 Å². The minimum Gasteiger partial charge on any atom is -0.341 e. The molecule has 0 saturated carbocycles. The Morgan fingerprint density at radius 3 is 3.00 bits per heavy atom. The highest BCUT2D eigenvalue weighted by Crippen LogP contribution is 2.21. The topological polar surface area (TPSA) is 38.1 Å². The van der Waals surface area contributed by atoms with E-state index in [1.165, 1.54) is 0 Å². The fourth-order valence-corrected chi connectivity index (χ4v) is 2.42. The molecule has 0 unspecified atom stereocenters. The van der Waals surface area contributed by atoms with Crippen LogP contribution in [0.25, 0.3) is 10.9 Å². The number of aromatic nitrogens is 2. The lowest BCUT2D eigenvalue weighted by atomic mass is 10.2. The van der Waals surface area contributed by atoms with Crippen LogP contribution < -0.4 is 10.5 Å². The van der Waals surface area contributed by atoms with Crippen LogP contribution in [-0.2, 0) is 6.54 Å². The summed E-state index contributed by atoms with van der Waals surface area (Å²) in [6, 6.07) is 5.25. The van der Waals surface area contributed by atoms with Gasteiger partial charge in [-0.2, -0.15) is 0 Å². The van der Waals surface area contributed by atoms with Gasteiger partial charge in [-0.25, -0.2) is 4.98 Å². The van der Waals surface area contributed by atoms with Gasteiger partial charge in [-0.15, -0.1) is 0 Å². The Kier molecular flexibility index (Phi) is 2.33. The summed E-state index contributed by atoms with van der Waals surface area (Å²) in [5.74, 6) is 0.771. The lowest BCUT2D eigenvalue weighted by Gasteiger charge is -2.14. The van der Waals surface area contributed by atoms with E-state index < -0.39 is 0 Å². The molecule has 2 aromatic rings. The standard InChI is InChI=1S/C12H12ClN3O/c1-2-15-5-6-16-11(17)9-7-8(13)3-4-10(9)14-12(15)16/h3-4,7H,2,5-6H2,1H3. The third-order valence-electron chi connectivity index (χ3n) is 3.15. The van der Waals surface area contributed by atoms with Crippen molar-refractivity contribution in [3.63, 3.8) is 0 Å². The first-order valence-electron chi connectivity index (χ1n) is 5.65. The fraction of sp³-hybridized carbons (Fsp3) is 0.333. The predicted molar refractivity (Wildman–Crippen MR) is 68.9 cm³/mol. The van der Waals surface area contributed by atoms with Crippen LogP contribution >= 0.6 is 11.6 Å². The molecule has 0 radical (unpaired) electrons. The largest absolute Gasteiger partial charge is 0.341 e. The normalized spacial score (nSPS) is 14.4. The van der Waals surface area contributed by atoms with Crippen LogP contribution in [0.1, 0.15) is 6.92 Å². The molecule has 0 aliphatic carbocycles. The van der Waals surface area contributed by atoms with Crippen LogP contribution in [-0.4, -0.2) is 22.6 Å². The first-order valence-corrected chi connectivity index (χ1v) is 6.03. The van der Waals surface area contributed by atoms with Crippen LogP contribution in [0, 0.1) is 0 Å². The van der Waals surface area contributed by atoms with Crippen LogP contribution in [0.4, 0.5) is 5.95 Å². The van der Waals surface area contributed by atoms with E-state index in [1.807, 2.05) is 0 Å². The van der Waals surface area contributed by atoms with Gasteiger partial charge in [0, 0.05) is 24.7 Å². The van der Waals surface area contributed by atoms with Gasteiger partial charge >= 0.3 is 0 Å². The van der Waals surface area contributed by atoms with Crippen LogP contribution in [0.5, 0.6) is 0 Å². The number of fused-ring (bicyclic) bond motifs is 2. The summed E-state index contributed by atoms with van der Waals surface area (Å²) in [4.78, 5) is 18.9. The molecule has 0 spiro atoms. The maximum atomic E-state index is 12.3. The second-order valence-electron chi connectivity index (χ2n) is 4.11. The van der Waals surface area contributed by atoms with E-state index >= 15 is 0 Å². The molecular formula is C12H12ClN3O. The number of hydrogen-bond donors (Lipinski definition) is 0. The minimum absolute atomic E-state index is 0.00319. The second-order valence-corrected chi connectivity index (χ2v) is 4.55. The molecule has 3 rings (SSSR count). The predicted octanol–water partition coefficient (Wildman–Crippen LogP) is 1.89. The molecule has 0 bridgehead atoms. The highest BCUT2D eigenvalue weighted by molar-refractivity contribution is 6.31. The Hall–Kier alpha value is -1.55. The van der Waals surface area contributed by atoms with Gasteiger partial charge < -0.3 is 4.90 Å². The second kappa shape index (κ2) is 3.74. The van der Waals surface area contributed by atoms with Crippen molar-refractivity contribution in [1.29, 1.82) is 0 Å². The highest BCUT2D eigenvalue weighted by Gasteiger charge is 2.21. The zero-order valence-electron chi connectivity index (χ0n) is 9.48. The van der Waals surface area contributed by atoms with Crippen molar-refractivity contribution < 1.29 is 0 Å². The summed E-state index contributed by atoms with van der Waals surface area (Å²) in [5, 5.41) is 1.17. The first kappa shape index (κ1) is 10.6. The number of hydrogen-bond acceptors (Lipinski definition) is 3. The molecule has 0 N–H and O–H groups in total. The molecule has 1 aliphatic rings. The molecule has 1 aliphatic heterocycles. The van der Waals surface area contributed by atoms with Crippen molar-refractivity contribution >= 4 is 28.5 Å². The monoisotopic (exact) mass is 249 g/mol. The molecular weight excluding hydrogens is 238 g/mol. The van der Waals surface area contributed by atoms with Crippen molar-refractivity contribution in [1.82, 2.24) is 9.55 Å². The SMILES string of the molecule is CCN1CCn2c1nc1ccc(Cl)cc1c2=O. The van der Waals surface area contributed by atoms with Crippen molar-refractivity contribution in [2.75, 3.05) is 18.0 Å². The Morgan fingerprint density at radius 1 is 1.41 bits per heavy atom. The highest BCUT2D eigenvalue weighted by atomic mass is 35.5. The van der Waals surface area contributed by atoms with Gasteiger partial charge in [-0.3, -0.25) is 9.36 Å². The van der Waals surface area contributed by atoms with Crippen molar-refractivity contribution in [3.8, 4) is 0 Å². The Bertz CT molecular complexity index is 650.